The summed E-state index contributed by atoms with van der Waals surface area (Å²) in [7, 11) is -3.87. The molecule has 3 aromatic rings. The largest absolute Gasteiger partial charge is 0.482 e. The summed E-state index contributed by atoms with van der Waals surface area (Å²) in [5, 5.41) is 3.48. The fourth-order valence-electron chi connectivity index (χ4n) is 3.26. The number of hydrogen-bond acceptors (Lipinski definition) is 4. The number of rotatable bonds is 9. The molecule has 34 heavy (non-hydrogen) atoms. The van der Waals surface area contributed by atoms with E-state index in [0.29, 0.717) is 10.7 Å². The quantitative estimate of drug-likeness (QED) is 0.293. The fourth-order valence-corrected chi connectivity index (χ4v) is 5.32. The van der Waals surface area contributed by atoms with Crippen LogP contribution in [0.4, 0.5) is 11.4 Å². The number of carbonyl (C=O) groups is 1. The average Bonchev–Trinajstić information content (AvgIpc) is 2.80. The van der Waals surface area contributed by atoms with E-state index in [9.17, 15) is 13.2 Å². The van der Waals surface area contributed by atoms with Gasteiger partial charge in [0.25, 0.3) is 15.9 Å². The second kappa shape index (κ2) is 11.4. The maximum atomic E-state index is 12.7. The first kappa shape index (κ1) is 26.3. The summed E-state index contributed by atoms with van der Waals surface area (Å²) in [6, 6.07) is 14.3. The van der Waals surface area contributed by atoms with Crippen LogP contribution in [0.3, 0.4) is 0 Å². The van der Waals surface area contributed by atoms with E-state index in [1.807, 2.05) is 26.0 Å². The zero-order chi connectivity index (χ0) is 24.9. The monoisotopic (exact) mass is 584 g/mol. The Hall–Kier alpha value is -2.26. The third-order valence-corrected chi connectivity index (χ3v) is 7.35. The van der Waals surface area contributed by atoms with Crippen molar-refractivity contribution in [3.63, 3.8) is 0 Å². The van der Waals surface area contributed by atoms with Gasteiger partial charge in [-0.2, -0.15) is 0 Å². The van der Waals surface area contributed by atoms with Crippen molar-refractivity contribution in [3.05, 3.63) is 80.2 Å². The zero-order valence-corrected chi connectivity index (χ0v) is 22.4. The van der Waals surface area contributed by atoms with Crippen molar-refractivity contribution in [1.29, 1.82) is 0 Å². The highest BCUT2D eigenvalue weighted by molar-refractivity contribution is 9.10. The molecule has 10 heteroatoms. The third kappa shape index (κ3) is 6.66. The Morgan fingerprint density at radius 3 is 2.15 bits per heavy atom. The van der Waals surface area contributed by atoms with Crippen LogP contribution in [0.25, 0.3) is 0 Å². The molecule has 0 aliphatic rings. The number of anilines is 2. The first-order valence-electron chi connectivity index (χ1n) is 10.4. The molecule has 0 heterocycles. The molecule has 0 saturated carbocycles. The number of hydrogen-bond donors (Lipinski definition) is 2. The van der Waals surface area contributed by atoms with Crippen molar-refractivity contribution in [2.45, 2.75) is 31.6 Å². The molecule has 0 aliphatic carbocycles. The molecule has 0 unspecified atom stereocenters. The first-order chi connectivity index (χ1) is 16.1. The van der Waals surface area contributed by atoms with Crippen LogP contribution in [-0.4, -0.2) is 20.9 Å². The van der Waals surface area contributed by atoms with Crippen LogP contribution in [0.5, 0.6) is 5.75 Å². The SMILES string of the molecule is CCc1cc(Br)cc(CC)c1NC(=O)COc1ccc(S(=O)(=O)Nc2ccc(Cl)cc2)cc1Cl. The first-order valence-corrected chi connectivity index (χ1v) is 13.5. The number of ether oxygens (including phenoxy) is 1. The van der Waals surface area contributed by atoms with Crippen molar-refractivity contribution in [2.24, 2.45) is 0 Å². The molecule has 3 rings (SSSR count). The molecule has 6 nitrogen and oxygen atoms in total. The standard InChI is InChI=1S/C24H23BrCl2N2O4S/c1-3-15-11-17(25)12-16(4-2)24(15)28-23(30)14-33-22-10-9-20(13-21(22)27)34(31,32)29-19-7-5-18(26)6-8-19/h5-13,29H,3-4,14H2,1-2H3,(H,28,30). The fraction of sp³-hybridized carbons (Fsp3) is 0.208. The highest BCUT2D eigenvalue weighted by atomic mass is 79.9. The van der Waals surface area contributed by atoms with Gasteiger partial charge in [-0.3, -0.25) is 9.52 Å². The van der Waals surface area contributed by atoms with Crippen molar-refractivity contribution in [1.82, 2.24) is 0 Å². The Labute approximate surface area is 217 Å². The summed E-state index contributed by atoms with van der Waals surface area (Å²) in [4.78, 5) is 12.5. The van der Waals surface area contributed by atoms with Gasteiger partial charge < -0.3 is 10.1 Å². The molecule has 0 aromatic heterocycles. The van der Waals surface area contributed by atoms with E-state index in [4.69, 9.17) is 27.9 Å². The highest BCUT2D eigenvalue weighted by Gasteiger charge is 2.18. The van der Waals surface area contributed by atoms with E-state index < -0.39 is 10.0 Å². The molecule has 0 radical (unpaired) electrons. The Morgan fingerprint density at radius 2 is 1.59 bits per heavy atom. The van der Waals surface area contributed by atoms with Gasteiger partial charge in [0, 0.05) is 20.9 Å². The lowest BCUT2D eigenvalue weighted by Crippen LogP contribution is -2.22. The number of benzene rings is 3. The van der Waals surface area contributed by atoms with Gasteiger partial charge in [0.05, 0.1) is 9.92 Å². The second-order valence-corrected chi connectivity index (χ2v) is 10.8. The van der Waals surface area contributed by atoms with Gasteiger partial charge >= 0.3 is 0 Å². The average molecular weight is 586 g/mol. The van der Waals surface area contributed by atoms with Crippen molar-refractivity contribution in [2.75, 3.05) is 16.6 Å². The molecule has 0 fully saturated rings. The van der Waals surface area contributed by atoms with Crippen molar-refractivity contribution in [3.8, 4) is 5.75 Å². The van der Waals surface area contributed by atoms with E-state index in [1.54, 1.807) is 24.3 Å². The number of sulfonamides is 1. The Kier molecular flexibility index (Phi) is 8.87. The molecule has 180 valence electrons. The van der Waals surface area contributed by atoms with Gasteiger partial charge in [-0.05, 0) is 78.6 Å². The summed E-state index contributed by atoms with van der Waals surface area (Å²) < 4.78 is 34.3. The van der Waals surface area contributed by atoms with E-state index in [2.05, 4.69) is 26.0 Å². The molecule has 1 amide bonds. The molecule has 0 spiro atoms. The molecular formula is C24H23BrCl2N2O4S. The summed E-state index contributed by atoms with van der Waals surface area (Å²) >= 11 is 15.6. The van der Waals surface area contributed by atoms with Crippen LogP contribution in [0.2, 0.25) is 10.0 Å². The number of amides is 1. The summed E-state index contributed by atoms with van der Waals surface area (Å²) in [5.41, 5.74) is 3.17. The minimum Gasteiger partial charge on any atom is -0.482 e. The van der Waals surface area contributed by atoms with Gasteiger partial charge in [-0.1, -0.05) is 53.0 Å². The van der Waals surface area contributed by atoms with Crippen LogP contribution in [0, 0.1) is 0 Å². The van der Waals surface area contributed by atoms with E-state index >= 15 is 0 Å². The van der Waals surface area contributed by atoms with Gasteiger partial charge in [-0.15, -0.1) is 0 Å². The van der Waals surface area contributed by atoms with Crippen LogP contribution in [0.15, 0.2) is 64.0 Å². The van der Waals surface area contributed by atoms with Crippen molar-refractivity contribution < 1.29 is 17.9 Å². The second-order valence-electron chi connectivity index (χ2n) is 7.35. The predicted molar refractivity (Wildman–Crippen MR) is 141 cm³/mol. The molecule has 0 bridgehead atoms. The Morgan fingerprint density at radius 1 is 0.971 bits per heavy atom. The number of aryl methyl sites for hydroxylation is 2. The lowest BCUT2D eigenvalue weighted by molar-refractivity contribution is -0.118. The lowest BCUT2D eigenvalue weighted by Gasteiger charge is -2.16. The van der Waals surface area contributed by atoms with Crippen LogP contribution in [-0.2, 0) is 27.7 Å². The Balaban J connectivity index is 1.68. The minimum absolute atomic E-state index is 0.0423. The molecule has 0 aliphatic heterocycles. The number of nitrogens with one attached hydrogen (secondary N) is 2. The normalized spacial score (nSPS) is 11.2. The van der Waals surface area contributed by atoms with Gasteiger partial charge in [0.2, 0.25) is 0 Å². The Bertz CT molecular complexity index is 1270. The molecule has 0 saturated heterocycles. The minimum atomic E-state index is -3.87. The number of halogens is 3. The van der Waals surface area contributed by atoms with E-state index in [-0.39, 0.29) is 28.2 Å². The van der Waals surface area contributed by atoms with Crippen LogP contribution in [0.1, 0.15) is 25.0 Å². The van der Waals surface area contributed by atoms with Crippen molar-refractivity contribution >= 4 is 66.4 Å². The van der Waals surface area contributed by atoms with E-state index in [1.165, 1.54) is 18.2 Å². The summed E-state index contributed by atoms with van der Waals surface area (Å²) in [5.74, 6) is -0.145. The smallest absolute Gasteiger partial charge is 0.262 e. The highest BCUT2D eigenvalue weighted by Crippen LogP contribution is 2.30. The molecule has 0 atom stereocenters. The molecular weight excluding hydrogens is 563 g/mol. The molecule has 2 N–H and O–H groups in total. The predicted octanol–water partition coefficient (Wildman–Crippen LogP) is 6.70. The summed E-state index contributed by atoms with van der Waals surface area (Å²) in [6.07, 6.45) is 1.52. The van der Waals surface area contributed by atoms with E-state index in [0.717, 1.165) is 34.1 Å². The summed E-state index contributed by atoms with van der Waals surface area (Å²) in [6.45, 7) is 3.76. The topological polar surface area (TPSA) is 84.5 Å². The van der Waals surface area contributed by atoms with Crippen LogP contribution < -0.4 is 14.8 Å². The zero-order valence-electron chi connectivity index (χ0n) is 18.5. The van der Waals surface area contributed by atoms with Crippen LogP contribution >= 0.6 is 39.1 Å². The number of carbonyl (C=O) groups excluding carboxylic acids is 1. The van der Waals surface area contributed by atoms with Gasteiger partial charge in [0.1, 0.15) is 5.75 Å². The van der Waals surface area contributed by atoms with Gasteiger partial charge in [0.15, 0.2) is 6.61 Å². The lowest BCUT2D eigenvalue weighted by atomic mass is 10.0. The maximum absolute atomic E-state index is 12.7. The molecule has 3 aromatic carbocycles. The third-order valence-electron chi connectivity index (χ3n) is 4.96. The maximum Gasteiger partial charge on any atom is 0.262 e. The van der Waals surface area contributed by atoms with Gasteiger partial charge in [-0.25, -0.2) is 8.42 Å².